The molecule has 3 nitrogen and oxygen atoms in total. The lowest BCUT2D eigenvalue weighted by molar-refractivity contribution is 0.0954. The zero-order valence-corrected chi connectivity index (χ0v) is 18.9. The van der Waals surface area contributed by atoms with Crippen LogP contribution in [0.2, 0.25) is 0 Å². The van der Waals surface area contributed by atoms with Crippen molar-refractivity contribution < 1.29 is 9.90 Å². The van der Waals surface area contributed by atoms with Crippen LogP contribution in [-0.4, -0.2) is 17.6 Å². The Labute approximate surface area is 183 Å². The van der Waals surface area contributed by atoms with E-state index in [9.17, 15) is 9.90 Å². The molecular formula is C27H41NO2. The molecule has 1 amide bonds. The lowest BCUT2D eigenvalue weighted by Crippen LogP contribution is -2.24. The number of amides is 1. The third-order valence-electron chi connectivity index (χ3n) is 5.92. The lowest BCUT2D eigenvalue weighted by atomic mass is 10.0. The molecule has 0 aliphatic rings. The summed E-state index contributed by atoms with van der Waals surface area (Å²) < 4.78 is 0. The summed E-state index contributed by atoms with van der Waals surface area (Å²) in [6.07, 6.45) is 18.8. The van der Waals surface area contributed by atoms with Crippen LogP contribution in [0.15, 0.2) is 36.4 Å². The van der Waals surface area contributed by atoms with Gasteiger partial charge in [-0.05, 0) is 41.5 Å². The maximum Gasteiger partial charge on any atom is 0.251 e. The van der Waals surface area contributed by atoms with Gasteiger partial charge in [0.25, 0.3) is 5.91 Å². The SMILES string of the molecule is CCCCCCCCCCCCCCCCNC(=O)c1cccc2cc(O)ccc12. The van der Waals surface area contributed by atoms with E-state index in [2.05, 4.69) is 12.2 Å². The topological polar surface area (TPSA) is 49.3 Å². The summed E-state index contributed by atoms with van der Waals surface area (Å²) in [5.41, 5.74) is 0.679. The van der Waals surface area contributed by atoms with Gasteiger partial charge in [-0.25, -0.2) is 0 Å². The Bertz CT molecular complexity index is 741. The van der Waals surface area contributed by atoms with Gasteiger partial charge in [0.2, 0.25) is 0 Å². The molecule has 0 spiro atoms. The highest BCUT2D eigenvalue weighted by Crippen LogP contribution is 2.23. The van der Waals surface area contributed by atoms with Crippen LogP contribution in [0.4, 0.5) is 0 Å². The van der Waals surface area contributed by atoms with Crippen molar-refractivity contribution >= 4 is 16.7 Å². The van der Waals surface area contributed by atoms with E-state index in [-0.39, 0.29) is 11.7 Å². The van der Waals surface area contributed by atoms with Crippen LogP contribution >= 0.6 is 0 Å². The number of fused-ring (bicyclic) bond motifs is 1. The van der Waals surface area contributed by atoms with E-state index in [4.69, 9.17) is 0 Å². The molecule has 3 heteroatoms. The highest BCUT2D eigenvalue weighted by Gasteiger charge is 2.09. The zero-order valence-electron chi connectivity index (χ0n) is 18.9. The summed E-state index contributed by atoms with van der Waals surface area (Å²) in [6.45, 7) is 3.00. The van der Waals surface area contributed by atoms with Crippen molar-refractivity contribution in [2.75, 3.05) is 6.54 Å². The third kappa shape index (κ3) is 9.19. The molecule has 0 bridgehead atoms. The summed E-state index contributed by atoms with van der Waals surface area (Å²) in [7, 11) is 0. The largest absolute Gasteiger partial charge is 0.508 e. The number of carbonyl (C=O) groups is 1. The van der Waals surface area contributed by atoms with Crippen molar-refractivity contribution in [1.29, 1.82) is 0 Å². The Hall–Kier alpha value is -2.03. The van der Waals surface area contributed by atoms with Crippen molar-refractivity contribution in [3.05, 3.63) is 42.0 Å². The number of phenols is 1. The van der Waals surface area contributed by atoms with Crippen LogP contribution in [0.5, 0.6) is 5.75 Å². The highest BCUT2D eigenvalue weighted by molar-refractivity contribution is 6.07. The predicted molar refractivity (Wildman–Crippen MR) is 128 cm³/mol. The molecule has 0 aliphatic carbocycles. The first kappa shape index (κ1) is 24.2. The number of rotatable bonds is 16. The molecule has 2 aromatic rings. The summed E-state index contributed by atoms with van der Waals surface area (Å²) >= 11 is 0. The molecule has 30 heavy (non-hydrogen) atoms. The fraction of sp³-hybridized carbons (Fsp3) is 0.593. The molecule has 0 unspecified atom stereocenters. The van der Waals surface area contributed by atoms with E-state index >= 15 is 0 Å². The Kier molecular flexibility index (Phi) is 12.0. The van der Waals surface area contributed by atoms with Crippen LogP contribution in [-0.2, 0) is 0 Å². The summed E-state index contributed by atoms with van der Waals surface area (Å²) in [5.74, 6) is 0.198. The molecule has 2 rings (SSSR count). The Balaban J connectivity index is 1.47. The van der Waals surface area contributed by atoms with E-state index in [1.54, 1.807) is 12.1 Å². The lowest BCUT2D eigenvalue weighted by Gasteiger charge is -2.08. The van der Waals surface area contributed by atoms with Crippen molar-refractivity contribution in [3.8, 4) is 5.75 Å². The van der Waals surface area contributed by atoms with E-state index in [1.165, 1.54) is 83.5 Å². The average Bonchev–Trinajstić information content (AvgIpc) is 2.75. The van der Waals surface area contributed by atoms with E-state index in [0.717, 1.165) is 23.7 Å². The van der Waals surface area contributed by atoms with Crippen LogP contribution < -0.4 is 5.32 Å². The molecule has 0 aliphatic heterocycles. The Morgan fingerprint density at radius 1 is 0.767 bits per heavy atom. The average molecular weight is 412 g/mol. The number of phenolic OH excluding ortho intramolecular Hbond substituents is 1. The number of hydrogen-bond donors (Lipinski definition) is 2. The molecular weight excluding hydrogens is 370 g/mol. The van der Waals surface area contributed by atoms with Crippen LogP contribution in [0.3, 0.4) is 0 Å². The number of carbonyl (C=O) groups excluding carboxylic acids is 1. The minimum atomic E-state index is -0.0269. The van der Waals surface area contributed by atoms with Gasteiger partial charge >= 0.3 is 0 Å². The van der Waals surface area contributed by atoms with E-state index in [1.807, 2.05) is 24.3 Å². The van der Waals surface area contributed by atoms with Crippen molar-refractivity contribution in [3.63, 3.8) is 0 Å². The second-order valence-corrected chi connectivity index (χ2v) is 8.56. The number of hydrogen-bond acceptors (Lipinski definition) is 2. The summed E-state index contributed by atoms with van der Waals surface area (Å²) in [6, 6.07) is 10.8. The third-order valence-corrected chi connectivity index (χ3v) is 5.92. The molecule has 0 radical (unpaired) electrons. The molecule has 0 aromatic heterocycles. The van der Waals surface area contributed by atoms with Gasteiger partial charge in [0.1, 0.15) is 5.75 Å². The van der Waals surface area contributed by atoms with Crippen molar-refractivity contribution in [1.82, 2.24) is 5.32 Å². The Morgan fingerprint density at radius 2 is 1.33 bits per heavy atom. The van der Waals surface area contributed by atoms with Gasteiger partial charge < -0.3 is 10.4 Å². The molecule has 2 N–H and O–H groups in total. The van der Waals surface area contributed by atoms with Gasteiger partial charge in [-0.1, -0.05) is 103 Å². The number of benzene rings is 2. The summed E-state index contributed by atoms with van der Waals surface area (Å²) in [5, 5.41) is 14.4. The maximum absolute atomic E-state index is 12.5. The fourth-order valence-corrected chi connectivity index (χ4v) is 4.09. The first-order chi connectivity index (χ1) is 14.7. The van der Waals surface area contributed by atoms with Crippen molar-refractivity contribution in [2.24, 2.45) is 0 Å². The molecule has 0 atom stereocenters. The molecule has 2 aromatic carbocycles. The molecule has 0 heterocycles. The predicted octanol–water partition coefficient (Wildman–Crippen LogP) is 7.76. The number of aromatic hydroxyl groups is 1. The van der Waals surface area contributed by atoms with Gasteiger partial charge in [0, 0.05) is 12.1 Å². The fourth-order valence-electron chi connectivity index (χ4n) is 4.09. The molecule has 166 valence electrons. The minimum absolute atomic E-state index is 0.0269. The minimum Gasteiger partial charge on any atom is -0.508 e. The van der Waals surface area contributed by atoms with E-state index < -0.39 is 0 Å². The van der Waals surface area contributed by atoms with Crippen molar-refractivity contribution in [2.45, 2.75) is 96.8 Å². The Morgan fingerprint density at radius 3 is 1.93 bits per heavy atom. The van der Waals surface area contributed by atoms with Crippen LogP contribution in [0.25, 0.3) is 10.8 Å². The molecule has 0 saturated carbocycles. The standard InChI is InChI=1S/C27H41NO2/c1-2-3-4-5-6-7-8-9-10-11-12-13-14-15-21-28-27(30)26-18-16-17-23-22-24(29)19-20-25(23)26/h16-20,22,29H,2-15,21H2,1H3,(H,28,30). The molecule has 0 saturated heterocycles. The van der Waals surface area contributed by atoms with Gasteiger partial charge in [0.15, 0.2) is 0 Å². The van der Waals surface area contributed by atoms with Gasteiger partial charge in [-0.3, -0.25) is 4.79 Å². The second kappa shape index (κ2) is 14.9. The smallest absolute Gasteiger partial charge is 0.251 e. The maximum atomic E-state index is 12.5. The van der Waals surface area contributed by atoms with Crippen LogP contribution in [0, 0.1) is 0 Å². The molecule has 0 fully saturated rings. The van der Waals surface area contributed by atoms with Crippen LogP contribution in [0.1, 0.15) is 107 Å². The summed E-state index contributed by atoms with van der Waals surface area (Å²) in [4.78, 5) is 12.5. The zero-order chi connectivity index (χ0) is 21.4. The quantitative estimate of drug-likeness (QED) is 0.277. The number of unbranched alkanes of at least 4 members (excludes halogenated alkanes) is 13. The van der Waals surface area contributed by atoms with Gasteiger partial charge in [-0.2, -0.15) is 0 Å². The normalized spacial score (nSPS) is 11.1. The van der Waals surface area contributed by atoms with Gasteiger partial charge in [-0.15, -0.1) is 0 Å². The monoisotopic (exact) mass is 411 g/mol. The highest BCUT2D eigenvalue weighted by atomic mass is 16.3. The first-order valence-electron chi connectivity index (χ1n) is 12.2. The second-order valence-electron chi connectivity index (χ2n) is 8.56. The van der Waals surface area contributed by atoms with Gasteiger partial charge in [0.05, 0.1) is 0 Å². The van der Waals surface area contributed by atoms with E-state index in [0.29, 0.717) is 5.56 Å². The first-order valence-corrected chi connectivity index (χ1v) is 12.2. The number of nitrogens with one attached hydrogen (secondary N) is 1.